The summed E-state index contributed by atoms with van der Waals surface area (Å²) >= 11 is 0. The van der Waals surface area contributed by atoms with Crippen LogP contribution in [0.2, 0.25) is 0 Å². The Hall–Kier alpha value is -2.89. The summed E-state index contributed by atoms with van der Waals surface area (Å²) < 4.78 is 0. The van der Waals surface area contributed by atoms with Gasteiger partial charge in [0.15, 0.2) is 5.78 Å². The van der Waals surface area contributed by atoms with E-state index in [9.17, 15) is 14.4 Å². The van der Waals surface area contributed by atoms with Crippen LogP contribution in [0.5, 0.6) is 0 Å². The number of aryl methyl sites for hydroxylation is 1. The van der Waals surface area contributed by atoms with Gasteiger partial charge < -0.3 is 14.8 Å². The first-order valence-electron chi connectivity index (χ1n) is 10.7. The third kappa shape index (κ3) is 4.32. The fraction of sp³-hybridized carbons (Fsp3) is 0.458. The Morgan fingerprint density at radius 2 is 1.73 bits per heavy atom. The monoisotopic (exact) mass is 409 g/mol. The second-order valence-electron chi connectivity index (χ2n) is 8.07. The van der Waals surface area contributed by atoms with Crippen LogP contribution in [0.1, 0.15) is 75.6 Å². The van der Waals surface area contributed by atoms with Gasteiger partial charge in [-0.3, -0.25) is 14.4 Å². The summed E-state index contributed by atoms with van der Waals surface area (Å²) in [6.07, 6.45) is 2.36. The minimum Gasteiger partial charge on any atom is -0.354 e. The van der Waals surface area contributed by atoms with Crippen molar-refractivity contribution in [2.75, 3.05) is 19.6 Å². The van der Waals surface area contributed by atoms with Crippen molar-refractivity contribution in [3.63, 3.8) is 0 Å². The standard InChI is InChI=1S/C24H31N3O3/c1-5-13-27(24(30)22-16(2)21(18(4)28)17(3)25-22)20-11-14-26(15-12-20)23(29)19-9-7-6-8-10-19/h6-10,20,25H,5,11-15H2,1-4H3. The minimum atomic E-state index is -0.0576. The first kappa shape index (κ1) is 21.8. The molecular formula is C24H31N3O3. The predicted octanol–water partition coefficient (Wildman–Crippen LogP) is 3.99. The van der Waals surface area contributed by atoms with Gasteiger partial charge in [-0.2, -0.15) is 0 Å². The molecule has 6 nitrogen and oxygen atoms in total. The number of benzene rings is 1. The van der Waals surface area contributed by atoms with Gasteiger partial charge in [0.1, 0.15) is 5.69 Å². The molecule has 1 N–H and O–H groups in total. The number of aromatic amines is 1. The molecule has 0 atom stereocenters. The molecule has 6 heteroatoms. The number of Topliss-reactive ketones (excluding diaryl/α,β-unsaturated/α-hetero) is 1. The molecule has 1 aromatic carbocycles. The number of nitrogens with one attached hydrogen (secondary N) is 1. The Kier molecular flexibility index (Phi) is 6.75. The predicted molar refractivity (Wildman–Crippen MR) is 117 cm³/mol. The number of ketones is 1. The Morgan fingerprint density at radius 1 is 1.10 bits per heavy atom. The van der Waals surface area contributed by atoms with Gasteiger partial charge in [-0.1, -0.05) is 25.1 Å². The second-order valence-corrected chi connectivity index (χ2v) is 8.07. The average Bonchev–Trinajstić information content (AvgIpc) is 3.06. The van der Waals surface area contributed by atoms with E-state index in [0.29, 0.717) is 36.5 Å². The van der Waals surface area contributed by atoms with E-state index in [2.05, 4.69) is 11.9 Å². The molecule has 2 amide bonds. The summed E-state index contributed by atoms with van der Waals surface area (Å²) in [5.41, 5.74) is 3.28. The number of hydrogen-bond donors (Lipinski definition) is 1. The number of amides is 2. The highest BCUT2D eigenvalue weighted by atomic mass is 16.2. The number of carbonyl (C=O) groups excluding carboxylic acids is 3. The van der Waals surface area contributed by atoms with Gasteiger partial charge in [0.2, 0.25) is 0 Å². The maximum atomic E-state index is 13.4. The fourth-order valence-electron chi connectivity index (χ4n) is 4.47. The molecule has 0 saturated carbocycles. The average molecular weight is 410 g/mol. The Morgan fingerprint density at radius 3 is 2.27 bits per heavy atom. The van der Waals surface area contributed by atoms with E-state index in [1.807, 2.05) is 54.0 Å². The lowest BCUT2D eigenvalue weighted by molar-refractivity contribution is 0.0515. The van der Waals surface area contributed by atoms with Gasteiger partial charge in [0, 0.05) is 42.5 Å². The van der Waals surface area contributed by atoms with E-state index in [4.69, 9.17) is 0 Å². The van der Waals surface area contributed by atoms with Gasteiger partial charge in [0.05, 0.1) is 0 Å². The summed E-state index contributed by atoms with van der Waals surface area (Å²) in [5, 5.41) is 0. The first-order valence-corrected chi connectivity index (χ1v) is 10.7. The highest BCUT2D eigenvalue weighted by Gasteiger charge is 2.32. The van der Waals surface area contributed by atoms with Crippen LogP contribution in [0, 0.1) is 13.8 Å². The zero-order valence-electron chi connectivity index (χ0n) is 18.3. The van der Waals surface area contributed by atoms with Crippen LogP contribution < -0.4 is 0 Å². The molecule has 0 radical (unpaired) electrons. The van der Waals surface area contributed by atoms with Crippen molar-refractivity contribution in [1.82, 2.24) is 14.8 Å². The van der Waals surface area contributed by atoms with Gasteiger partial charge in [-0.15, -0.1) is 0 Å². The Balaban J connectivity index is 1.73. The van der Waals surface area contributed by atoms with Crippen molar-refractivity contribution in [2.45, 2.75) is 53.0 Å². The third-order valence-corrected chi connectivity index (χ3v) is 5.94. The number of rotatable bonds is 6. The Labute approximate surface area is 178 Å². The molecule has 30 heavy (non-hydrogen) atoms. The number of likely N-dealkylation sites (tertiary alicyclic amines) is 1. The fourth-order valence-corrected chi connectivity index (χ4v) is 4.47. The van der Waals surface area contributed by atoms with Crippen molar-refractivity contribution in [3.8, 4) is 0 Å². The van der Waals surface area contributed by atoms with Crippen LogP contribution in [0.15, 0.2) is 30.3 Å². The molecule has 1 aliphatic rings. The molecular weight excluding hydrogens is 378 g/mol. The van der Waals surface area contributed by atoms with E-state index in [-0.39, 0.29) is 23.6 Å². The first-order chi connectivity index (χ1) is 14.3. The quantitative estimate of drug-likeness (QED) is 0.733. The molecule has 0 spiro atoms. The summed E-state index contributed by atoms with van der Waals surface area (Å²) in [4.78, 5) is 45.0. The van der Waals surface area contributed by atoms with Gasteiger partial charge >= 0.3 is 0 Å². The molecule has 0 unspecified atom stereocenters. The molecule has 3 rings (SSSR count). The second kappa shape index (κ2) is 9.28. The van der Waals surface area contributed by atoms with Crippen molar-refractivity contribution < 1.29 is 14.4 Å². The smallest absolute Gasteiger partial charge is 0.270 e. The topological polar surface area (TPSA) is 73.5 Å². The van der Waals surface area contributed by atoms with Crippen molar-refractivity contribution in [1.29, 1.82) is 0 Å². The van der Waals surface area contributed by atoms with Crippen molar-refractivity contribution in [2.24, 2.45) is 0 Å². The number of carbonyl (C=O) groups is 3. The normalized spacial score (nSPS) is 14.6. The minimum absolute atomic E-state index is 0.0323. The van der Waals surface area contributed by atoms with Crippen LogP contribution in [0.25, 0.3) is 0 Å². The summed E-state index contributed by atoms with van der Waals surface area (Å²) in [7, 11) is 0. The molecule has 0 aliphatic carbocycles. The zero-order chi connectivity index (χ0) is 21.8. The summed E-state index contributed by atoms with van der Waals surface area (Å²) in [5.74, 6) is -0.0442. The van der Waals surface area contributed by atoms with Crippen LogP contribution in [0.4, 0.5) is 0 Å². The van der Waals surface area contributed by atoms with E-state index < -0.39 is 0 Å². The molecule has 1 aromatic heterocycles. The van der Waals surface area contributed by atoms with Crippen LogP contribution in [0.3, 0.4) is 0 Å². The largest absolute Gasteiger partial charge is 0.354 e. The Bertz CT molecular complexity index is 925. The van der Waals surface area contributed by atoms with Gasteiger partial charge in [0.25, 0.3) is 11.8 Å². The number of H-pyrrole nitrogens is 1. The highest BCUT2D eigenvalue weighted by molar-refractivity contribution is 6.02. The lowest BCUT2D eigenvalue weighted by atomic mass is 10.0. The summed E-state index contributed by atoms with van der Waals surface area (Å²) in [6.45, 7) is 9.17. The number of hydrogen-bond acceptors (Lipinski definition) is 3. The van der Waals surface area contributed by atoms with Crippen LogP contribution in [-0.2, 0) is 0 Å². The van der Waals surface area contributed by atoms with E-state index in [0.717, 1.165) is 30.5 Å². The molecule has 1 saturated heterocycles. The number of nitrogens with zero attached hydrogens (tertiary/aromatic N) is 2. The molecule has 1 aliphatic heterocycles. The van der Waals surface area contributed by atoms with E-state index in [1.165, 1.54) is 6.92 Å². The summed E-state index contributed by atoms with van der Waals surface area (Å²) in [6, 6.07) is 9.41. The molecule has 1 fully saturated rings. The number of aromatic nitrogens is 1. The van der Waals surface area contributed by atoms with Crippen LogP contribution in [-0.4, -0.2) is 58.1 Å². The highest BCUT2D eigenvalue weighted by Crippen LogP contribution is 2.24. The molecule has 0 bridgehead atoms. The molecule has 160 valence electrons. The third-order valence-electron chi connectivity index (χ3n) is 5.94. The van der Waals surface area contributed by atoms with Gasteiger partial charge in [-0.25, -0.2) is 0 Å². The lowest BCUT2D eigenvalue weighted by Gasteiger charge is -2.38. The lowest BCUT2D eigenvalue weighted by Crippen LogP contribution is -2.49. The van der Waals surface area contributed by atoms with Crippen molar-refractivity contribution >= 4 is 17.6 Å². The van der Waals surface area contributed by atoms with Crippen molar-refractivity contribution in [3.05, 3.63) is 58.4 Å². The zero-order valence-corrected chi connectivity index (χ0v) is 18.3. The molecule has 2 heterocycles. The van der Waals surface area contributed by atoms with Crippen LogP contribution >= 0.6 is 0 Å². The number of piperidine rings is 1. The van der Waals surface area contributed by atoms with E-state index in [1.54, 1.807) is 0 Å². The maximum Gasteiger partial charge on any atom is 0.270 e. The van der Waals surface area contributed by atoms with Gasteiger partial charge in [-0.05, 0) is 57.7 Å². The SMILES string of the molecule is CCCN(C(=O)c1[nH]c(C)c(C(C)=O)c1C)C1CCN(C(=O)c2ccccc2)CC1. The molecule has 2 aromatic rings. The van der Waals surface area contributed by atoms with E-state index >= 15 is 0 Å². The maximum absolute atomic E-state index is 13.4.